The zero-order valence-corrected chi connectivity index (χ0v) is 11.8. The summed E-state index contributed by atoms with van der Waals surface area (Å²) in [6.07, 6.45) is 2.30. The number of hydrogen-bond acceptors (Lipinski definition) is 3. The van der Waals surface area contributed by atoms with Gasteiger partial charge >= 0.3 is 0 Å². The van der Waals surface area contributed by atoms with E-state index in [2.05, 4.69) is 11.8 Å². The summed E-state index contributed by atoms with van der Waals surface area (Å²) in [4.78, 5) is 2.94. The van der Waals surface area contributed by atoms with Crippen LogP contribution in [0.4, 0.5) is 4.39 Å². The van der Waals surface area contributed by atoms with Crippen LogP contribution >= 0.6 is 11.8 Å². The first-order chi connectivity index (χ1) is 8.77. The molecule has 1 aromatic rings. The molecule has 0 heterocycles. The fraction of sp³-hybridized carbons (Fsp3) is 0.571. The number of aliphatic hydroxyl groups is 1. The van der Waals surface area contributed by atoms with Gasteiger partial charge in [-0.2, -0.15) is 0 Å². The van der Waals surface area contributed by atoms with Crippen LogP contribution in [-0.2, 0) is 0 Å². The lowest BCUT2D eigenvalue weighted by Gasteiger charge is -2.20. The highest BCUT2D eigenvalue weighted by Gasteiger charge is 2.05. The molecule has 0 atom stereocenters. The van der Waals surface area contributed by atoms with Gasteiger partial charge in [0.25, 0.3) is 0 Å². The van der Waals surface area contributed by atoms with Crippen molar-refractivity contribution in [2.45, 2.75) is 24.7 Å². The van der Waals surface area contributed by atoms with Crippen molar-refractivity contribution in [3.05, 3.63) is 30.1 Å². The average molecular weight is 271 g/mol. The van der Waals surface area contributed by atoms with Gasteiger partial charge in [-0.15, -0.1) is 11.8 Å². The van der Waals surface area contributed by atoms with E-state index >= 15 is 0 Å². The van der Waals surface area contributed by atoms with Gasteiger partial charge < -0.3 is 10.0 Å². The summed E-state index contributed by atoms with van der Waals surface area (Å²) in [7, 11) is 0. The summed E-state index contributed by atoms with van der Waals surface area (Å²) >= 11 is 1.54. The summed E-state index contributed by atoms with van der Waals surface area (Å²) < 4.78 is 13.4. The third-order valence-corrected chi connectivity index (χ3v) is 3.77. The Balaban J connectivity index is 2.31. The summed E-state index contributed by atoms with van der Waals surface area (Å²) in [5.41, 5.74) is 0. The Morgan fingerprint density at radius 1 is 1.22 bits per heavy atom. The predicted molar refractivity (Wildman–Crippen MR) is 75.6 cm³/mol. The van der Waals surface area contributed by atoms with Gasteiger partial charge in [0.2, 0.25) is 0 Å². The van der Waals surface area contributed by atoms with Gasteiger partial charge in [0.15, 0.2) is 0 Å². The SMILES string of the molecule is CCCCN(CCO)CCSc1ccccc1F. The van der Waals surface area contributed by atoms with E-state index in [1.165, 1.54) is 17.8 Å². The van der Waals surface area contributed by atoms with E-state index in [9.17, 15) is 4.39 Å². The molecule has 0 saturated heterocycles. The molecule has 0 fully saturated rings. The van der Waals surface area contributed by atoms with E-state index in [-0.39, 0.29) is 12.4 Å². The number of unbranched alkanes of at least 4 members (excludes halogenated alkanes) is 1. The van der Waals surface area contributed by atoms with Crippen molar-refractivity contribution < 1.29 is 9.50 Å². The zero-order chi connectivity index (χ0) is 13.2. The van der Waals surface area contributed by atoms with Gasteiger partial charge in [-0.25, -0.2) is 4.39 Å². The van der Waals surface area contributed by atoms with E-state index in [1.807, 2.05) is 12.1 Å². The molecule has 0 aliphatic carbocycles. The first-order valence-corrected chi connectivity index (χ1v) is 7.47. The summed E-state index contributed by atoms with van der Waals surface area (Å²) in [5.74, 6) is 0.703. The minimum Gasteiger partial charge on any atom is -0.395 e. The molecule has 1 N–H and O–H groups in total. The van der Waals surface area contributed by atoms with E-state index < -0.39 is 0 Å². The fourth-order valence-corrected chi connectivity index (χ4v) is 2.66. The number of thioether (sulfide) groups is 1. The van der Waals surface area contributed by atoms with Crippen LogP contribution in [0.2, 0.25) is 0 Å². The number of rotatable bonds is 9. The molecule has 102 valence electrons. The van der Waals surface area contributed by atoms with E-state index in [0.717, 1.165) is 31.7 Å². The zero-order valence-electron chi connectivity index (χ0n) is 10.9. The van der Waals surface area contributed by atoms with Gasteiger partial charge in [0.1, 0.15) is 5.82 Å². The van der Waals surface area contributed by atoms with Crippen LogP contribution in [0.25, 0.3) is 0 Å². The van der Waals surface area contributed by atoms with Crippen molar-refractivity contribution in [2.24, 2.45) is 0 Å². The normalized spacial score (nSPS) is 11.1. The maximum Gasteiger partial charge on any atom is 0.136 e. The first kappa shape index (κ1) is 15.5. The van der Waals surface area contributed by atoms with Crippen molar-refractivity contribution in [1.29, 1.82) is 0 Å². The number of hydrogen-bond donors (Lipinski definition) is 1. The molecule has 0 bridgehead atoms. The van der Waals surface area contributed by atoms with Crippen LogP contribution in [0.5, 0.6) is 0 Å². The smallest absolute Gasteiger partial charge is 0.136 e. The summed E-state index contributed by atoms with van der Waals surface area (Å²) in [6, 6.07) is 6.86. The number of aliphatic hydroxyl groups excluding tert-OH is 1. The summed E-state index contributed by atoms with van der Waals surface area (Å²) in [5, 5.41) is 8.99. The molecule has 0 amide bonds. The van der Waals surface area contributed by atoms with E-state index in [0.29, 0.717) is 11.4 Å². The van der Waals surface area contributed by atoms with Crippen molar-refractivity contribution in [2.75, 3.05) is 32.0 Å². The third-order valence-electron chi connectivity index (χ3n) is 2.75. The van der Waals surface area contributed by atoms with Crippen molar-refractivity contribution in [1.82, 2.24) is 4.90 Å². The molecule has 2 nitrogen and oxygen atoms in total. The molecule has 0 aliphatic heterocycles. The monoisotopic (exact) mass is 271 g/mol. The molecule has 0 radical (unpaired) electrons. The van der Waals surface area contributed by atoms with Crippen molar-refractivity contribution in [3.8, 4) is 0 Å². The van der Waals surface area contributed by atoms with Gasteiger partial charge in [0.05, 0.1) is 6.61 Å². The number of nitrogens with zero attached hydrogens (tertiary/aromatic N) is 1. The summed E-state index contributed by atoms with van der Waals surface area (Å²) in [6.45, 7) is 4.95. The van der Waals surface area contributed by atoms with E-state index in [4.69, 9.17) is 5.11 Å². The Morgan fingerprint density at radius 3 is 2.67 bits per heavy atom. The van der Waals surface area contributed by atoms with Crippen LogP contribution in [0.1, 0.15) is 19.8 Å². The minimum absolute atomic E-state index is 0.148. The maximum atomic E-state index is 13.4. The molecule has 0 unspecified atom stereocenters. The van der Waals surface area contributed by atoms with Crippen LogP contribution in [0.3, 0.4) is 0 Å². The molecular formula is C14H22FNOS. The molecule has 1 rings (SSSR count). The average Bonchev–Trinajstić information content (AvgIpc) is 2.38. The van der Waals surface area contributed by atoms with Gasteiger partial charge in [-0.3, -0.25) is 0 Å². The lowest BCUT2D eigenvalue weighted by atomic mass is 10.3. The standard InChI is InChI=1S/C14H22FNOS/c1-2-3-8-16(9-11-17)10-12-18-14-7-5-4-6-13(14)15/h4-7,17H,2-3,8-12H2,1H3. The lowest BCUT2D eigenvalue weighted by Crippen LogP contribution is -2.30. The molecule has 0 saturated carbocycles. The van der Waals surface area contributed by atoms with Crippen LogP contribution < -0.4 is 0 Å². The van der Waals surface area contributed by atoms with Gasteiger partial charge in [0, 0.05) is 23.7 Å². The highest BCUT2D eigenvalue weighted by molar-refractivity contribution is 7.99. The Kier molecular flexibility index (Phi) is 8.05. The Bertz CT molecular complexity index is 335. The third kappa shape index (κ3) is 5.85. The van der Waals surface area contributed by atoms with Crippen molar-refractivity contribution >= 4 is 11.8 Å². The fourth-order valence-electron chi connectivity index (χ4n) is 1.71. The molecule has 0 aromatic heterocycles. The largest absolute Gasteiger partial charge is 0.395 e. The Morgan fingerprint density at radius 2 is 2.00 bits per heavy atom. The van der Waals surface area contributed by atoms with E-state index in [1.54, 1.807) is 6.07 Å². The van der Waals surface area contributed by atoms with Gasteiger partial charge in [-0.05, 0) is 25.1 Å². The van der Waals surface area contributed by atoms with Crippen LogP contribution in [0, 0.1) is 5.82 Å². The predicted octanol–water partition coefficient (Wildman–Crippen LogP) is 3.01. The molecular weight excluding hydrogens is 249 g/mol. The molecule has 0 spiro atoms. The molecule has 0 aliphatic rings. The van der Waals surface area contributed by atoms with Crippen molar-refractivity contribution in [3.63, 3.8) is 0 Å². The second kappa shape index (κ2) is 9.36. The quantitative estimate of drug-likeness (QED) is 0.698. The molecule has 1 aromatic carbocycles. The van der Waals surface area contributed by atoms with Gasteiger partial charge in [-0.1, -0.05) is 25.5 Å². The second-order valence-corrected chi connectivity index (χ2v) is 5.33. The number of benzene rings is 1. The maximum absolute atomic E-state index is 13.4. The second-order valence-electron chi connectivity index (χ2n) is 4.20. The Labute approximate surface area is 113 Å². The Hall–Kier alpha value is -0.580. The minimum atomic E-state index is -0.148. The first-order valence-electron chi connectivity index (χ1n) is 6.48. The number of halogens is 1. The van der Waals surface area contributed by atoms with Crippen LogP contribution in [0.15, 0.2) is 29.2 Å². The highest BCUT2D eigenvalue weighted by Crippen LogP contribution is 2.20. The van der Waals surface area contributed by atoms with Crippen LogP contribution in [-0.4, -0.2) is 42.0 Å². The lowest BCUT2D eigenvalue weighted by molar-refractivity contribution is 0.201. The molecule has 18 heavy (non-hydrogen) atoms. The topological polar surface area (TPSA) is 23.5 Å². The highest BCUT2D eigenvalue weighted by atomic mass is 32.2. The molecule has 4 heteroatoms.